The van der Waals surface area contributed by atoms with Crippen LogP contribution in [0.3, 0.4) is 0 Å². The van der Waals surface area contributed by atoms with Crippen LogP contribution in [0, 0.1) is 5.82 Å². The third kappa shape index (κ3) is 5.43. The second kappa shape index (κ2) is 9.39. The standard InChI is InChI=1S/C27H26FN3O3/c1-27(2,3)34-26(33)31-24(20-8-5-4-6-9-20)17-25(29-31)30(22-10-7-11-23(32)16-22)18-19-12-14-21(28)15-13-19/h4-17,32H,18H2,1-3H3. The number of halogens is 1. The zero-order chi connectivity index (χ0) is 24.3. The summed E-state index contributed by atoms with van der Waals surface area (Å²) in [5.41, 5.74) is 2.16. The van der Waals surface area contributed by atoms with Crippen LogP contribution < -0.4 is 4.90 Å². The van der Waals surface area contributed by atoms with Gasteiger partial charge < -0.3 is 14.7 Å². The number of hydrogen-bond acceptors (Lipinski definition) is 5. The van der Waals surface area contributed by atoms with E-state index in [1.165, 1.54) is 16.8 Å². The van der Waals surface area contributed by atoms with Crippen LogP contribution in [0.2, 0.25) is 0 Å². The summed E-state index contributed by atoms with van der Waals surface area (Å²) in [6.07, 6.45) is -0.602. The maximum Gasteiger partial charge on any atom is 0.435 e. The van der Waals surface area contributed by atoms with Gasteiger partial charge in [0.15, 0.2) is 5.82 Å². The fourth-order valence-electron chi connectivity index (χ4n) is 3.50. The zero-order valence-corrected chi connectivity index (χ0v) is 19.3. The molecule has 0 saturated carbocycles. The van der Waals surface area contributed by atoms with Crippen LogP contribution in [0.1, 0.15) is 26.3 Å². The lowest BCUT2D eigenvalue weighted by atomic mass is 10.1. The normalized spacial score (nSPS) is 11.3. The molecule has 4 rings (SSSR count). The Morgan fingerprint density at radius 3 is 2.35 bits per heavy atom. The van der Waals surface area contributed by atoms with E-state index >= 15 is 0 Å². The van der Waals surface area contributed by atoms with Crippen molar-refractivity contribution in [3.8, 4) is 17.0 Å². The summed E-state index contributed by atoms with van der Waals surface area (Å²) in [4.78, 5) is 14.9. The molecular formula is C27H26FN3O3. The van der Waals surface area contributed by atoms with Gasteiger partial charge in [0, 0.05) is 29.9 Å². The molecule has 0 bridgehead atoms. The molecule has 0 spiro atoms. The SMILES string of the molecule is CC(C)(C)OC(=O)n1nc(N(Cc2ccc(F)cc2)c2cccc(O)c2)cc1-c1ccccc1. The first kappa shape index (κ1) is 23.0. The molecule has 0 fully saturated rings. The Labute approximate surface area is 197 Å². The van der Waals surface area contributed by atoms with E-state index in [1.807, 2.05) is 41.3 Å². The Kier molecular flexibility index (Phi) is 6.36. The Bertz CT molecular complexity index is 1280. The predicted octanol–water partition coefficient (Wildman–Crippen LogP) is 6.52. The number of phenols is 1. The second-order valence-corrected chi connectivity index (χ2v) is 8.88. The van der Waals surface area contributed by atoms with Crippen molar-refractivity contribution in [3.63, 3.8) is 0 Å². The number of carbonyl (C=O) groups is 1. The molecule has 0 aliphatic rings. The van der Waals surface area contributed by atoms with Crippen molar-refractivity contribution < 1.29 is 19.0 Å². The van der Waals surface area contributed by atoms with Gasteiger partial charge in [-0.25, -0.2) is 9.18 Å². The molecule has 34 heavy (non-hydrogen) atoms. The van der Waals surface area contributed by atoms with Gasteiger partial charge in [-0.1, -0.05) is 48.5 Å². The molecule has 6 nitrogen and oxygen atoms in total. The lowest BCUT2D eigenvalue weighted by molar-refractivity contribution is 0.0518. The number of benzene rings is 3. The largest absolute Gasteiger partial charge is 0.508 e. The highest BCUT2D eigenvalue weighted by atomic mass is 19.1. The van der Waals surface area contributed by atoms with E-state index in [0.717, 1.165) is 11.1 Å². The lowest BCUT2D eigenvalue weighted by Crippen LogP contribution is -2.28. The minimum atomic E-state index is -0.698. The third-order valence-corrected chi connectivity index (χ3v) is 5.00. The van der Waals surface area contributed by atoms with Gasteiger partial charge in [0.25, 0.3) is 0 Å². The first-order valence-corrected chi connectivity index (χ1v) is 10.9. The number of aromatic nitrogens is 2. The molecule has 0 radical (unpaired) electrons. The van der Waals surface area contributed by atoms with Gasteiger partial charge >= 0.3 is 6.09 Å². The summed E-state index contributed by atoms with van der Waals surface area (Å²) in [6.45, 7) is 5.73. The van der Waals surface area contributed by atoms with E-state index in [4.69, 9.17) is 4.74 Å². The quantitative estimate of drug-likeness (QED) is 0.368. The van der Waals surface area contributed by atoms with Gasteiger partial charge in [0.2, 0.25) is 0 Å². The molecule has 0 amide bonds. The molecule has 1 aromatic heterocycles. The van der Waals surface area contributed by atoms with E-state index in [0.29, 0.717) is 23.7 Å². The van der Waals surface area contributed by atoms with Crippen molar-refractivity contribution in [2.75, 3.05) is 4.90 Å². The molecule has 1 N–H and O–H groups in total. The highest BCUT2D eigenvalue weighted by molar-refractivity contribution is 5.80. The van der Waals surface area contributed by atoms with Crippen molar-refractivity contribution in [3.05, 3.63) is 96.3 Å². The van der Waals surface area contributed by atoms with Gasteiger partial charge in [-0.2, -0.15) is 4.68 Å². The van der Waals surface area contributed by atoms with Crippen LogP contribution in [0.5, 0.6) is 5.75 Å². The topological polar surface area (TPSA) is 67.6 Å². The molecule has 0 saturated heterocycles. The molecule has 1 heterocycles. The molecule has 3 aromatic carbocycles. The van der Waals surface area contributed by atoms with Gasteiger partial charge in [0.1, 0.15) is 17.2 Å². The number of aromatic hydroxyl groups is 1. The number of ether oxygens (including phenoxy) is 1. The van der Waals surface area contributed by atoms with E-state index < -0.39 is 11.7 Å². The Hall–Kier alpha value is -4.13. The first-order valence-electron chi connectivity index (χ1n) is 10.9. The molecule has 174 valence electrons. The molecule has 0 unspecified atom stereocenters. The maximum atomic E-state index is 13.5. The summed E-state index contributed by atoms with van der Waals surface area (Å²) in [7, 11) is 0. The molecular weight excluding hydrogens is 433 g/mol. The van der Waals surface area contributed by atoms with Crippen LogP contribution >= 0.6 is 0 Å². The van der Waals surface area contributed by atoms with Crippen molar-refractivity contribution in [1.82, 2.24) is 9.78 Å². The summed E-state index contributed by atoms with van der Waals surface area (Å²) >= 11 is 0. The lowest BCUT2D eigenvalue weighted by Gasteiger charge is -2.23. The molecule has 0 atom stereocenters. The van der Waals surface area contributed by atoms with Crippen LogP contribution in [0.4, 0.5) is 20.7 Å². The van der Waals surface area contributed by atoms with Crippen molar-refractivity contribution in [2.45, 2.75) is 32.9 Å². The van der Waals surface area contributed by atoms with E-state index in [2.05, 4.69) is 5.10 Å². The fraction of sp³-hybridized carbons (Fsp3) is 0.185. The zero-order valence-electron chi connectivity index (χ0n) is 19.3. The predicted molar refractivity (Wildman–Crippen MR) is 130 cm³/mol. The Balaban J connectivity index is 1.83. The van der Waals surface area contributed by atoms with Gasteiger partial charge in [-0.3, -0.25) is 0 Å². The minimum absolute atomic E-state index is 0.0939. The van der Waals surface area contributed by atoms with Crippen LogP contribution in [0.15, 0.2) is 84.9 Å². The van der Waals surface area contributed by atoms with Gasteiger partial charge in [-0.05, 0) is 50.6 Å². The summed E-state index contributed by atoms with van der Waals surface area (Å²) < 4.78 is 20.3. The van der Waals surface area contributed by atoms with E-state index in [1.54, 1.807) is 57.2 Å². The fourth-order valence-corrected chi connectivity index (χ4v) is 3.50. The van der Waals surface area contributed by atoms with Crippen LogP contribution in [-0.4, -0.2) is 26.6 Å². The monoisotopic (exact) mass is 459 g/mol. The second-order valence-electron chi connectivity index (χ2n) is 8.88. The summed E-state index contributed by atoms with van der Waals surface area (Å²) in [5, 5.41) is 14.7. The number of nitrogens with zero attached hydrogens (tertiary/aromatic N) is 3. The van der Waals surface area contributed by atoms with Gasteiger partial charge in [0.05, 0.1) is 5.69 Å². The highest BCUT2D eigenvalue weighted by Crippen LogP contribution is 2.33. The number of phenolic OH excluding ortho intramolecular Hbond substituents is 1. The van der Waals surface area contributed by atoms with Crippen molar-refractivity contribution in [1.29, 1.82) is 0 Å². The smallest absolute Gasteiger partial charge is 0.435 e. The minimum Gasteiger partial charge on any atom is -0.508 e. The Morgan fingerprint density at radius 1 is 1.00 bits per heavy atom. The summed E-state index contributed by atoms with van der Waals surface area (Å²) in [5.74, 6) is 0.240. The van der Waals surface area contributed by atoms with E-state index in [-0.39, 0.29) is 11.6 Å². The van der Waals surface area contributed by atoms with E-state index in [9.17, 15) is 14.3 Å². The van der Waals surface area contributed by atoms with Crippen molar-refractivity contribution in [2.24, 2.45) is 0 Å². The van der Waals surface area contributed by atoms with Gasteiger partial charge in [-0.15, -0.1) is 5.10 Å². The van der Waals surface area contributed by atoms with Crippen LogP contribution in [-0.2, 0) is 11.3 Å². The number of hydrogen-bond donors (Lipinski definition) is 1. The maximum absolute atomic E-state index is 13.5. The average Bonchev–Trinajstić information content (AvgIpc) is 3.24. The summed E-state index contributed by atoms with van der Waals surface area (Å²) in [6, 6.07) is 24.1. The van der Waals surface area contributed by atoms with Crippen molar-refractivity contribution >= 4 is 17.6 Å². The molecule has 0 aliphatic carbocycles. The number of carbonyl (C=O) groups excluding carboxylic acids is 1. The third-order valence-electron chi connectivity index (χ3n) is 5.00. The highest BCUT2D eigenvalue weighted by Gasteiger charge is 2.25. The number of anilines is 2. The molecule has 4 aromatic rings. The average molecular weight is 460 g/mol. The molecule has 0 aliphatic heterocycles. The molecule has 7 heteroatoms. The van der Waals surface area contributed by atoms with Crippen LogP contribution in [0.25, 0.3) is 11.3 Å². The Morgan fingerprint density at radius 2 is 1.71 bits per heavy atom. The first-order chi connectivity index (χ1) is 16.2. The number of rotatable bonds is 5.